The second-order valence-corrected chi connectivity index (χ2v) is 5.89. The molecule has 94 valence electrons. The molecule has 0 saturated heterocycles. The first-order chi connectivity index (χ1) is 8.18. The van der Waals surface area contributed by atoms with Crippen LogP contribution in [0.15, 0.2) is 29.2 Å². The number of aliphatic hydroxyl groups is 2. The maximum atomic E-state index is 9.34. The van der Waals surface area contributed by atoms with E-state index in [-0.39, 0.29) is 19.3 Å². The predicted octanol–water partition coefficient (Wildman–Crippen LogP) is 1.56. The van der Waals surface area contributed by atoms with Crippen LogP contribution in [-0.4, -0.2) is 34.7 Å². The summed E-state index contributed by atoms with van der Waals surface area (Å²) in [6, 6.07) is 8.55. The maximum Gasteiger partial charge on any atom is 0.0633 e. The van der Waals surface area contributed by atoms with Gasteiger partial charge in [-0.2, -0.15) is 0 Å². The summed E-state index contributed by atoms with van der Waals surface area (Å²) >= 11 is 1.87. The first kappa shape index (κ1) is 12.9. The molecule has 3 nitrogen and oxygen atoms in total. The van der Waals surface area contributed by atoms with E-state index in [9.17, 15) is 10.2 Å². The fourth-order valence-corrected chi connectivity index (χ4v) is 3.18. The normalized spacial score (nSPS) is 20.1. The molecule has 0 amide bonds. The number of fused-ring (bicyclic) bond motifs is 1. The fraction of sp³-hybridized carbons (Fsp3) is 0.538. The van der Waals surface area contributed by atoms with E-state index in [0.717, 1.165) is 12.2 Å². The van der Waals surface area contributed by atoms with Crippen LogP contribution in [0.1, 0.15) is 24.9 Å². The summed E-state index contributed by atoms with van der Waals surface area (Å²) in [5.41, 5.74) is 0.664. The van der Waals surface area contributed by atoms with Gasteiger partial charge in [-0.15, -0.1) is 11.8 Å². The summed E-state index contributed by atoms with van der Waals surface area (Å²) in [4.78, 5) is 1.30. The number of hydrogen-bond acceptors (Lipinski definition) is 4. The Bertz CT molecular complexity index is 379. The third-order valence-electron chi connectivity index (χ3n) is 3.18. The smallest absolute Gasteiger partial charge is 0.0633 e. The molecule has 0 radical (unpaired) electrons. The Labute approximate surface area is 106 Å². The molecule has 1 aromatic rings. The highest BCUT2D eigenvalue weighted by Crippen LogP contribution is 2.36. The molecule has 4 heteroatoms. The average Bonchev–Trinajstić information content (AvgIpc) is 2.39. The van der Waals surface area contributed by atoms with Crippen molar-refractivity contribution in [3.8, 4) is 0 Å². The molecule has 1 aliphatic heterocycles. The van der Waals surface area contributed by atoms with E-state index in [4.69, 9.17) is 0 Å². The molecule has 0 aliphatic carbocycles. The maximum absolute atomic E-state index is 9.34. The van der Waals surface area contributed by atoms with E-state index in [2.05, 4.69) is 17.4 Å². The van der Waals surface area contributed by atoms with Crippen molar-refractivity contribution in [2.45, 2.75) is 29.8 Å². The Morgan fingerprint density at radius 2 is 2.06 bits per heavy atom. The first-order valence-electron chi connectivity index (χ1n) is 5.90. The molecule has 17 heavy (non-hydrogen) atoms. The monoisotopic (exact) mass is 253 g/mol. The molecule has 0 saturated carbocycles. The number of benzene rings is 1. The van der Waals surface area contributed by atoms with Crippen molar-refractivity contribution in [3.63, 3.8) is 0 Å². The van der Waals surface area contributed by atoms with Gasteiger partial charge >= 0.3 is 0 Å². The summed E-state index contributed by atoms with van der Waals surface area (Å²) < 4.78 is 0. The fourth-order valence-electron chi connectivity index (χ4n) is 2.05. The number of hydrogen-bond donors (Lipinski definition) is 3. The molecular weight excluding hydrogens is 234 g/mol. The Morgan fingerprint density at radius 1 is 1.35 bits per heavy atom. The van der Waals surface area contributed by atoms with E-state index in [1.807, 2.05) is 30.8 Å². The lowest BCUT2D eigenvalue weighted by Gasteiger charge is -2.35. The molecule has 1 heterocycles. The van der Waals surface area contributed by atoms with Crippen LogP contribution in [0.3, 0.4) is 0 Å². The molecule has 0 fully saturated rings. The van der Waals surface area contributed by atoms with Crippen LogP contribution in [0.4, 0.5) is 0 Å². The van der Waals surface area contributed by atoms with E-state index in [1.54, 1.807) is 0 Å². The molecule has 1 aliphatic rings. The minimum atomic E-state index is -0.611. The van der Waals surface area contributed by atoms with E-state index in [1.165, 1.54) is 10.5 Å². The van der Waals surface area contributed by atoms with Gasteiger partial charge in [0.15, 0.2) is 0 Å². The largest absolute Gasteiger partial charge is 0.394 e. The van der Waals surface area contributed by atoms with Crippen molar-refractivity contribution in [1.29, 1.82) is 0 Å². The van der Waals surface area contributed by atoms with Crippen LogP contribution in [0, 0.1) is 0 Å². The SMILES string of the molecule is CC(CO)(CO)NC1CCSc2ccccc21. The summed E-state index contributed by atoms with van der Waals surface area (Å²) in [5.74, 6) is 1.07. The summed E-state index contributed by atoms with van der Waals surface area (Å²) in [5, 5.41) is 22.0. The van der Waals surface area contributed by atoms with Crippen LogP contribution in [0.25, 0.3) is 0 Å². The van der Waals surface area contributed by atoms with Gasteiger partial charge in [0.1, 0.15) is 0 Å². The highest BCUT2D eigenvalue weighted by Gasteiger charge is 2.29. The van der Waals surface area contributed by atoms with Gasteiger partial charge in [-0.3, -0.25) is 0 Å². The zero-order chi connectivity index (χ0) is 12.3. The van der Waals surface area contributed by atoms with Crippen molar-refractivity contribution < 1.29 is 10.2 Å². The molecule has 3 N–H and O–H groups in total. The topological polar surface area (TPSA) is 52.5 Å². The molecule has 2 rings (SSSR count). The second-order valence-electron chi connectivity index (χ2n) is 4.75. The lowest BCUT2D eigenvalue weighted by atomic mass is 9.97. The lowest BCUT2D eigenvalue weighted by Crippen LogP contribution is -2.51. The third kappa shape index (κ3) is 2.83. The van der Waals surface area contributed by atoms with Gasteiger partial charge in [0.25, 0.3) is 0 Å². The minimum Gasteiger partial charge on any atom is -0.394 e. The van der Waals surface area contributed by atoms with Crippen molar-refractivity contribution in [1.82, 2.24) is 5.32 Å². The van der Waals surface area contributed by atoms with Crippen molar-refractivity contribution in [2.75, 3.05) is 19.0 Å². The second kappa shape index (κ2) is 5.40. The average molecular weight is 253 g/mol. The molecule has 0 spiro atoms. The Kier molecular flexibility index (Phi) is 4.09. The van der Waals surface area contributed by atoms with Crippen molar-refractivity contribution >= 4 is 11.8 Å². The van der Waals surface area contributed by atoms with Crippen molar-refractivity contribution in [2.24, 2.45) is 0 Å². The number of thioether (sulfide) groups is 1. The number of rotatable bonds is 4. The Balaban J connectivity index is 2.19. The first-order valence-corrected chi connectivity index (χ1v) is 6.88. The number of nitrogens with one attached hydrogen (secondary N) is 1. The van der Waals surface area contributed by atoms with Crippen LogP contribution < -0.4 is 5.32 Å². The molecule has 1 aromatic carbocycles. The molecular formula is C13H19NO2S. The van der Waals surface area contributed by atoms with Gasteiger partial charge < -0.3 is 15.5 Å². The summed E-state index contributed by atoms with van der Waals surface area (Å²) in [6.07, 6.45) is 1.03. The number of aliphatic hydroxyl groups excluding tert-OH is 2. The summed E-state index contributed by atoms with van der Waals surface area (Å²) in [7, 11) is 0. The van der Waals surface area contributed by atoms with Gasteiger partial charge in [0, 0.05) is 10.9 Å². The highest BCUT2D eigenvalue weighted by atomic mass is 32.2. The van der Waals surface area contributed by atoms with E-state index >= 15 is 0 Å². The standard InChI is InChI=1S/C13H19NO2S/c1-13(8-15,9-16)14-11-6-7-17-12-5-3-2-4-10(11)12/h2-5,11,14-16H,6-9H2,1H3. The molecule has 0 aromatic heterocycles. The lowest BCUT2D eigenvalue weighted by molar-refractivity contribution is 0.0928. The Morgan fingerprint density at radius 3 is 2.76 bits per heavy atom. The highest BCUT2D eigenvalue weighted by molar-refractivity contribution is 7.99. The minimum absolute atomic E-state index is 0.0602. The van der Waals surface area contributed by atoms with Crippen LogP contribution in [-0.2, 0) is 0 Å². The Hall–Kier alpha value is -0.550. The molecule has 1 unspecified atom stereocenters. The van der Waals surface area contributed by atoms with Crippen LogP contribution >= 0.6 is 11.8 Å². The van der Waals surface area contributed by atoms with Gasteiger partial charge in [0.05, 0.1) is 18.8 Å². The molecule has 0 bridgehead atoms. The predicted molar refractivity (Wildman–Crippen MR) is 70.2 cm³/mol. The van der Waals surface area contributed by atoms with Gasteiger partial charge in [-0.1, -0.05) is 18.2 Å². The molecule has 1 atom stereocenters. The quantitative estimate of drug-likeness (QED) is 0.762. The van der Waals surface area contributed by atoms with Gasteiger partial charge in [0.2, 0.25) is 0 Å². The van der Waals surface area contributed by atoms with Crippen LogP contribution in [0.2, 0.25) is 0 Å². The van der Waals surface area contributed by atoms with Gasteiger partial charge in [-0.05, 0) is 30.7 Å². The van der Waals surface area contributed by atoms with E-state index < -0.39 is 5.54 Å². The zero-order valence-corrected chi connectivity index (χ0v) is 10.8. The van der Waals surface area contributed by atoms with E-state index in [0.29, 0.717) is 0 Å². The third-order valence-corrected chi connectivity index (χ3v) is 4.30. The van der Waals surface area contributed by atoms with Gasteiger partial charge in [-0.25, -0.2) is 0 Å². The van der Waals surface area contributed by atoms with Crippen molar-refractivity contribution in [3.05, 3.63) is 29.8 Å². The summed E-state index contributed by atoms with van der Waals surface area (Å²) in [6.45, 7) is 1.72. The van der Waals surface area contributed by atoms with Crippen LogP contribution in [0.5, 0.6) is 0 Å². The zero-order valence-electron chi connectivity index (χ0n) is 10.0.